The first-order chi connectivity index (χ1) is 6.63. The normalized spacial score (nSPS) is 40.6. The average Bonchev–Trinajstić information content (AvgIpc) is 2.33. The molecule has 2 aliphatic carbocycles. The van der Waals surface area contributed by atoms with Gasteiger partial charge in [0.2, 0.25) is 0 Å². The molecular weight excluding hydrogens is 188 g/mol. The first kappa shape index (κ1) is 10.4. The molecular formula is C13H20S. The zero-order chi connectivity index (χ0) is 10.2. The molecule has 14 heavy (non-hydrogen) atoms. The van der Waals surface area contributed by atoms with Crippen molar-refractivity contribution < 1.29 is 0 Å². The molecule has 0 aliphatic heterocycles. The number of fused-ring (bicyclic) bond motifs is 1. The van der Waals surface area contributed by atoms with E-state index in [1.807, 2.05) is 0 Å². The lowest BCUT2D eigenvalue weighted by Crippen LogP contribution is -2.20. The van der Waals surface area contributed by atoms with E-state index in [4.69, 9.17) is 0 Å². The van der Waals surface area contributed by atoms with E-state index in [2.05, 4.69) is 38.6 Å². The van der Waals surface area contributed by atoms with Crippen molar-refractivity contribution in [1.29, 1.82) is 0 Å². The first-order valence-corrected chi connectivity index (χ1v) is 6.12. The Kier molecular flexibility index (Phi) is 2.79. The second-order valence-corrected chi connectivity index (χ2v) is 5.74. The summed E-state index contributed by atoms with van der Waals surface area (Å²) < 4.78 is 0. The molecule has 0 heterocycles. The molecule has 2 aliphatic rings. The number of allylic oxidation sites excluding steroid dienone is 4. The maximum Gasteiger partial charge on any atom is -0.0132 e. The Hall–Kier alpha value is -0.170. The van der Waals surface area contributed by atoms with Crippen LogP contribution in [0.25, 0.3) is 0 Å². The molecule has 2 rings (SSSR count). The van der Waals surface area contributed by atoms with Crippen molar-refractivity contribution in [2.75, 3.05) is 0 Å². The molecule has 0 saturated heterocycles. The van der Waals surface area contributed by atoms with Crippen LogP contribution in [0.2, 0.25) is 0 Å². The molecule has 1 fully saturated rings. The second-order valence-electron chi connectivity index (χ2n) is 5.07. The molecule has 0 amide bonds. The molecule has 0 unspecified atom stereocenters. The van der Waals surface area contributed by atoms with E-state index in [9.17, 15) is 0 Å². The van der Waals surface area contributed by atoms with Crippen molar-refractivity contribution in [3.8, 4) is 0 Å². The van der Waals surface area contributed by atoms with Gasteiger partial charge in [-0.15, -0.1) is 12.6 Å². The summed E-state index contributed by atoms with van der Waals surface area (Å²) in [6.45, 7) is 4.61. The molecule has 0 N–H and O–H groups in total. The minimum Gasteiger partial charge on any atom is -0.148 e. The monoisotopic (exact) mass is 208 g/mol. The van der Waals surface area contributed by atoms with Crippen LogP contribution in [0.3, 0.4) is 0 Å². The Balaban J connectivity index is 2.30. The SMILES string of the molecule is C/C(S)=C1/CC[C@]2(C)CC=CCC[C@@H]12. The van der Waals surface area contributed by atoms with Crippen molar-refractivity contribution in [3.05, 3.63) is 22.6 Å². The molecule has 78 valence electrons. The van der Waals surface area contributed by atoms with Gasteiger partial charge in [-0.1, -0.05) is 24.6 Å². The lowest BCUT2D eigenvalue weighted by atomic mass is 9.75. The number of hydrogen-bond acceptors (Lipinski definition) is 1. The fourth-order valence-corrected chi connectivity index (χ4v) is 3.39. The van der Waals surface area contributed by atoms with Crippen molar-refractivity contribution in [1.82, 2.24) is 0 Å². The minimum absolute atomic E-state index is 0.534. The Bertz CT molecular complexity index is 284. The van der Waals surface area contributed by atoms with E-state index in [1.54, 1.807) is 5.57 Å². The lowest BCUT2D eigenvalue weighted by Gasteiger charge is -2.30. The highest BCUT2D eigenvalue weighted by Gasteiger charge is 2.41. The van der Waals surface area contributed by atoms with E-state index >= 15 is 0 Å². The van der Waals surface area contributed by atoms with Gasteiger partial charge in [0.05, 0.1) is 0 Å². The number of thiol groups is 1. The topological polar surface area (TPSA) is 0 Å². The summed E-state index contributed by atoms with van der Waals surface area (Å²) in [6, 6.07) is 0. The van der Waals surface area contributed by atoms with Crippen LogP contribution in [0.4, 0.5) is 0 Å². The van der Waals surface area contributed by atoms with Crippen molar-refractivity contribution in [2.24, 2.45) is 11.3 Å². The number of hydrogen-bond donors (Lipinski definition) is 1. The van der Waals surface area contributed by atoms with E-state index in [-0.39, 0.29) is 0 Å². The van der Waals surface area contributed by atoms with Crippen LogP contribution in [0.15, 0.2) is 22.6 Å². The van der Waals surface area contributed by atoms with Gasteiger partial charge in [-0.2, -0.15) is 0 Å². The van der Waals surface area contributed by atoms with Gasteiger partial charge in [-0.25, -0.2) is 0 Å². The van der Waals surface area contributed by atoms with Gasteiger partial charge >= 0.3 is 0 Å². The first-order valence-electron chi connectivity index (χ1n) is 5.67. The largest absolute Gasteiger partial charge is 0.148 e. The van der Waals surface area contributed by atoms with Crippen molar-refractivity contribution in [3.63, 3.8) is 0 Å². The predicted molar refractivity (Wildman–Crippen MR) is 65.5 cm³/mol. The van der Waals surface area contributed by atoms with Crippen LogP contribution >= 0.6 is 12.6 Å². The molecule has 0 bridgehead atoms. The summed E-state index contributed by atoms with van der Waals surface area (Å²) in [5.41, 5.74) is 2.17. The quantitative estimate of drug-likeness (QED) is 0.444. The smallest absolute Gasteiger partial charge is 0.0132 e. The van der Waals surface area contributed by atoms with Crippen molar-refractivity contribution >= 4 is 12.6 Å². The third kappa shape index (κ3) is 1.67. The standard InChI is InChI=1S/C13H20S/c1-10(14)11-7-9-13(2)8-5-3-4-6-12(11)13/h3,5,12,14H,4,6-9H2,1-2H3/b11-10+/t12-,13-/m0/s1. The molecule has 0 nitrogen and oxygen atoms in total. The van der Waals surface area contributed by atoms with Crippen LogP contribution in [0, 0.1) is 11.3 Å². The average molecular weight is 208 g/mol. The summed E-state index contributed by atoms with van der Waals surface area (Å²) >= 11 is 4.54. The highest BCUT2D eigenvalue weighted by Crippen LogP contribution is 2.53. The highest BCUT2D eigenvalue weighted by atomic mass is 32.1. The van der Waals surface area contributed by atoms with Crippen LogP contribution in [0.5, 0.6) is 0 Å². The van der Waals surface area contributed by atoms with Gasteiger partial charge in [0, 0.05) is 0 Å². The van der Waals surface area contributed by atoms with Gasteiger partial charge in [0.15, 0.2) is 0 Å². The van der Waals surface area contributed by atoms with Crippen LogP contribution < -0.4 is 0 Å². The highest BCUT2D eigenvalue weighted by molar-refractivity contribution is 7.84. The lowest BCUT2D eigenvalue weighted by molar-refractivity contribution is 0.246. The fourth-order valence-electron chi connectivity index (χ4n) is 3.12. The van der Waals surface area contributed by atoms with Crippen molar-refractivity contribution in [2.45, 2.75) is 46.0 Å². The molecule has 1 saturated carbocycles. The van der Waals surface area contributed by atoms with Gasteiger partial charge in [-0.3, -0.25) is 0 Å². The molecule has 0 aromatic rings. The second kappa shape index (κ2) is 3.77. The van der Waals surface area contributed by atoms with E-state index in [1.165, 1.54) is 37.0 Å². The molecule has 0 radical (unpaired) electrons. The maximum atomic E-state index is 4.54. The zero-order valence-corrected chi connectivity index (χ0v) is 10.1. The van der Waals surface area contributed by atoms with Gasteiger partial charge in [-0.05, 0) is 55.3 Å². The van der Waals surface area contributed by atoms with E-state index < -0.39 is 0 Å². The third-order valence-corrected chi connectivity index (χ3v) is 4.35. The van der Waals surface area contributed by atoms with Gasteiger partial charge < -0.3 is 0 Å². The van der Waals surface area contributed by atoms with E-state index in [0.29, 0.717) is 5.41 Å². The summed E-state index contributed by atoms with van der Waals surface area (Å²) in [4.78, 5) is 1.28. The summed E-state index contributed by atoms with van der Waals surface area (Å²) in [5, 5.41) is 0. The van der Waals surface area contributed by atoms with Crippen LogP contribution in [-0.2, 0) is 0 Å². The van der Waals surface area contributed by atoms with Gasteiger partial charge in [0.25, 0.3) is 0 Å². The van der Waals surface area contributed by atoms with Crippen LogP contribution in [-0.4, -0.2) is 0 Å². The third-order valence-electron chi connectivity index (χ3n) is 4.06. The van der Waals surface area contributed by atoms with Gasteiger partial charge in [0.1, 0.15) is 0 Å². The number of rotatable bonds is 0. The fraction of sp³-hybridized carbons (Fsp3) is 0.692. The summed E-state index contributed by atoms with van der Waals surface area (Å²) in [7, 11) is 0. The summed E-state index contributed by atoms with van der Waals surface area (Å²) in [6.07, 6.45) is 11.2. The molecule has 1 heteroatoms. The molecule has 0 spiro atoms. The van der Waals surface area contributed by atoms with E-state index in [0.717, 1.165) is 5.92 Å². The molecule has 2 atom stereocenters. The Morgan fingerprint density at radius 1 is 1.50 bits per heavy atom. The Labute approximate surface area is 92.9 Å². The Morgan fingerprint density at radius 2 is 2.29 bits per heavy atom. The molecule has 0 aromatic carbocycles. The molecule has 0 aromatic heterocycles. The Morgan fingerprint density at radius 3 is 3.00 bits per heavy atom. The summed E-state index contributed by atoms with van der Waals surface area (Å²) in [5.74, 6) is 0.801. The maximum absolute atomic E-state index is 4.54. The van der Waals surface area contributed by atoms with Crippen LogP contribution in [0.1, 0.15) is 46.0 Å². The predicted octanol–water partition coefficient (Wildman–Crippen LogP) is 4.35. The minimum atomic E-state index is 0.534. The zero-order valence-electron chi connectivity index (χ0n) is 9.21.